The molecule has 0 aliphatic carbocycles. The third-order valence-corrected chi connectivity index (χ3v) is 6.01. The second-order valence-electron chi connectivity index (χ2n) is 9.32. The van der Waals surface area contributed by atoms with Crippen molar-refractivity contribution in [2.45, 2.75) is 38.9 Å². The summed E-state index contributed by atoms with van der Waals surface area (Å²) in [5.41, 5.74) is 0.111. The molecule has 0 spiro atoms. The molecule has 0 aliphatic heterocycles. The fourth-order valence-corrected chi connectivity index (χ4v) is 4.22. The molecule has 0 unspecified atom stereocenters. The third kappa shape index (κ3) is 4.95. The molecule has 176 valence electrons. The molecule has 0 radical (unpaired) electrons. The average molecular weight is 498 g/mol. The van der Waals surface area contributed by atoms with Crippen LogP contribution in [0.5, 0.6) is 0 Å². The van der Waals surface area contributed by atoms with Gasteiger partial charge in [0.05, 0.1) is 37.8 Å². The van der Waals surface area contributed by atoms with E-state index in [-0.39, 0.29) is 5.56 Å². The molecule has 4 aromatic rings. The van der Waals surface area contributed by atoms with Crippen LogP contribution in [0.4, 0.5) is 11.5 Å². The van der Waals surface area contributed by atoms with Crippen molar-refractivity contribution in [3.8, 4) is 0 Å². The third-order valence-electron chi connectivity index (χ3n) is 5.41. The van der Waals surface area contributed by atoms with Crippen LogP contribution in [-0.4, -0.2) is 25.8 Å². The Bertz CT molecular complexity index is 1470. The second-order valence-corrected chi connectivity index (χ2v) is 10.1. The molecule has 4 rings (SSSR count). The van der Waals surface area contributed by atoms with E-state index in [9.17, 15) is 15.0 Å². The molecule has 0 saturated carbocycles. The minimum absolute atomic E-state index is 0.258. The number of hydrogen-bond acceptors (Lipinski definition) is 5. The molecule has 0 amide bonds. The van der Waals surface area contributed by atoms with Crippen molar-refractivity contribution in [2.24, 2.45) is 0 Å². The fourth-order valence-electron chi connectivity index (χ4n) is 3.64. The van der Waals surface area contributed by atoms with Gasteiger partial charge in [-0.3, -0.25) is 4.79 Å². The molecule has 2 aromatic heterocycles. The Kier molecular flexibility index (Phi) is 6.21. The number of aromatic amines is 1. The summed E-state index contributed by atoms with van der Waals surface area (Å²) in [4.78, 5) is 20.3. The molecule has 0 fully saturated rings. The molecule has 0 aliphatic rings. The van der Waals surface area contributed by atoms with Crippen LogP contribution in [0.1, 0.15) is 38.8 Å². The van der Waals surface area contributed by atoms with E-state index in [1.807, 2.05) is 18.2 Å². The number of aliphatic hydroxyl groups is 2. The Morgan fingerprint density at radius 1 is 1.00 bits per heavy atom. The Balaban J connectivity index is 1.89. The zero-order valence-electron chi connectivity index (χ0n) is 19.2. The molecule has 34 heavy (non-hydrogen) atoms. The van der Waals surface area contributed by atoms with Gasteiger partial charge in [0.25, 0.3) is 5.56 Å². The number of aromatic nitrogens is 2. The van der Waals surface area contributed by atoms with Gasteiger partial charge in [0.2, 0.25) is 0 Å². The number of fused-ring (bicyclic) bond motifs is 3. The van der Waals surface area contributed by atoms with E-state index in [2.05, 4.69) is 10.3 Å². The van der Waals surface area contributed by atoms with Crippen molar-refractivity contribution in [3.63, 3.8) is 0 Å². The normalized spacial score (nSPS) is 12.7. The molecule has 0 saturated heterocycles. The first-order valence-electron chi connectivity index (χ1n) is 10.7. The van der Waals surface area contributed by atoms with E-state index in [1.165, 1.54) is 0 Å². The zero-order valence-corrected chi connectivity index (χ0v) is 20.7. The van der Waals surface area contributed by atoms with Gasteiger partial charge >= 0.3 is 0 Å². The summed E-state index contributed by atoms with van der Waals surface area (Å²) in [6.45, 7) is 6.68. The van der Waals surface area contributed by atoms with Gasteiger partial charge in [-0.25, -0.2) is 4.98 Å². The quantitative estimate of drug-likeness (QED) is 0.248. The van der Waals surface area contributed by atoms with Crippen LogP contribution in [0.15, 0.2) is 53.5 Å². The van der Waals surface area contributed by atoms with Gasteiger partial charge in [-0.05, 0) is 69.2 Å². The average Bonchev–Trinajstić information content (AvgIpc) is 2.73. The lowest BCUT2D eigenvalue weighted by Gasteiger charge is -2.20. The number of halogens is 2. The van der Waals surface area contributed by atoms with Crippen LogP contribution in [0.25, 0.3) is 27.8 Å². The second kappa shape index (κ2) is 8.71. The molecular weight excluding hydrogens is 473 g/mol. The summed E-state index contributed by atoms with van der Waals surface area (Å²) in [5, 5.41) is 25.9. The summed E-state index contributed by atoms with van der Waals surface area (Å²) in [7, 11) is 0. The number of hydrogen-bond donors (Lipinski definition) is 4. The molecule has 0 bridgehead atoms. The molecule has 2 aromatic carbocycles. The predicted molar refractivity (Wildman–Crippen MR) is 140 cm³/mol. The van der Waals surface area contributed by atoms with Gasteiger partial charge in [-0.15, -0.1) is 0 Å². The standard InChI is InChI=1S/C26H25Cl2N3O3/c1-25(2,33)9-7-14-5-6-20-17(11-14)21-16(8-10-29-24(21)32)23(30-20)31-22-18(27)12-15(13-19(22)28)26(3,4)34/h5-13,33-34H,1-4H3,(H,29,32)(H,30,31). The molecule has 6 nitrogen and oxygen atoms in total. The van der Waals surface area contributed by atoms with E-state index in [0.717, 1.165) is 5.56 Å². The number of rotatable bonds is 5. The summed E-state index contributed by atoms with van der Waals surface area (Å²) in [6.07, 6.45) is 5.05. The van der Waals surface area contributed by atoms with Crippen molar-refractivity contribution in [1.82, 2.24) is 9.97 Å². The van der Waals surface area contributed by atoms with Crippen molar-refractivity contribution in [1.29, 1.82) is 0 Å². The summed E-state index contributed by atoms with van der Waals surface area (Å²) >= 11 is 13.0. The Hall–Kier alpha value is -2.90. The Morgan fingerprint density at radius 2 is 1.68 bits per heavy atom. The van der Waals surface area contributed by atoms with E-state index >= 15 is 0 Å². The maximum Gasteiger partial charge on any atom is 0.256 e. The fraction of sp³-hybridized carbons (Fsp3) is 0.231. The van der Waals surface area contributed by atoms with Gasteiger partial charge in [0.15, 0.2) is 0 Å². The lowest BCUT2D eigenvalue weighted by atomic mass is 9.98. The first-order chi connectivity index (χ1) is 15.8. The molecule has 4 N–H and O–H groups in total. The van der Waals surface area contributed by atoms with Gasteiger partial charge in [0, 0.05) is 17.0 Å². The van der Waals surface area contributed by atoms with Crippen molar-refractivity contribution >= 4 is 62.5 Å². The first kappa shape index (κ1) is 24.2. The maximum atomic E-state index is 12.9. The van der Waals surface area contributed by atoms with Crippen LogP contribution < -0.4 is 10.9 Å². The highest BCUT2D eigenvalue weighted by molar-refractivity contribution is 6.39. The van der Waals surface area contributed by atoms with Crippen LogP contribution in [0.2, 0.25) is 10.0 Å². The minimum Gasteiger partial charge on any atom is -0.386 e. The highest BCUT2D eigenvalue weighted by Crippen LogP contribution is 2.38. The van der Waals surface area contributed by atoms with E-state index in [0.29, 0.717) is 48.8 Å². The van der Waals surface area contributed by atoms with Crippen molar-refractivity contribution in [2.75, 3.05) is 5.32 Å². The lowest BCUT2D eigenvalue weighted by molar-refractivity contribution is 0.0786. The first-order valence-corrected chi connectivity index (χ1v) is 11.4. The molecule has 0 atom stereocenters. The summed E-state index contributed by atoms with van der Waals surface area (Å²) < 4.78 is 0. The lowest BCUT2D eigenvalue weighted by Crippen LogP contribution is -2.15. The SMILES string of the molecule is CC(C)(O)C=Cc1ccc2nc(Nc3c(Cl)cc(C(C)(C)O)cc3Cl)c3cc[nH]c(=O)c3c2c1. The maximum absolute atomic E-state index is 12.9. The number of pyridine rings is 2. The van der Waals surface area contributed by atoms with Gasteiger partial charge < -0.3 is 20.5 Å². The highest BCUT2D eigenvalue weighted by atomic mass is 35.5. The van der Waals surface area contributed by atoms with Gasteiger partial charge in [-0.1, -0.05) is 41.4 Å². The topological polar surface area (TPSA) is 98.2 Å². The number of benzene rings is 2. The largest absolute Gasteiger partial charge is 0.386 e. The van der Waals surface area contributed by atoms with Gasteiger partial charge in [0.1, 0.15) is 5.82 Å². The minimum atomic E-state index is -1.11. The monoisotopic (exact) mass is 497 g/mol. The van der Waals surface area contributed by atoms with Crippen molar-refractivity contribution < 1.29 is 10.2 Å². The van der Waals surface area contributed by atoms with Crippen LogP contribution >= 0.6 is 23.2 Å². The Morgan fingerprint density at radius 3 is 2.29 bits per heavy atom. The number of H-pyrrole nitrogens is 1. The number of nitrogens with zero attached hydrogens (tertiary/aromatic N) is 1. The van der Waals surface area contributed by atoms with Crippen molar-refractivity contribution in [3.05, 3.63) is 80.2 Å². The molecule has 8 heteroatoms. The van der Waals surface area contributed by atoms with Crippen LogP contribution in [-0.2, 0) is 5.60 Å². The summed E-state index contributed by atoms with van der Waals surface area (Å²) in [5.74, 6) is 0.424. The van der Waals surface area contributed by atoms with E-state index in [1.54, 1.807) is 64.2 Å². The smallest absolute Gasteiger partial charge is 0.256 e. The van der Waals surface area contributed by atoms with Crippen LogP contribution in [0, 0.1) is 0 Å². The van der Waals surface area contributed by atoms with Crippen LogP contribution in [0.3, 0.4) is 0 Å². The zero-order chi connectivity index (χ0) is 24.8. The summed E-state index contributed by atoms with van der Waals surface area (Å²) in [6, 6.07) is 10.6. The molecule has 2 heterocycles. The predicted octanol–water partition coefficient (Wildman–Crippen LogP) is 6.14. The van der Waals surface area contributed by atoms with Gasteiger partial charge in [-0.2, -0.15) is 0 Å². The number of anilines is 2. The number of nitrogens with one attached hydrogen (secondary N) is 2. The Labute approximate surface area is 206 Å². The molecular formula is C26H25Cl2N3O3. The van der Waals surface area contributed by atoms with E-state index in [4.69, 9.17) is 28.2 Å². The van der Waals surface area contributed by atoms with E-state index < -0.39 is 11.2 Å². The highest BCUT2D eigenvalue weighted by Gasteiger charge is 2.21.